The molecule has 0 saturated carbocycles. The van der Waals surface area contributed by atoms with Gasteiger partial charge in [-0.05, 0) is 31.6 Å². The van der Waals surface area contributed by atoms with Crippen LogP contribution in [0.5, 0.6) is 0 Å². The van der Waals surface area contributed by atoms with Crippen molar-refractivity contribution in [2.45, 2.75) is 12.6 Å². The number of nitrogens with zero attached hydrogens (tertiary/aromatic N) is 1. The van der Waals surface area contributed by atoms with Crippen molar-refractivity contribution in [1.29, 1.82) is 0 Å². The van der Waals surface area contributed by atoms with Gasteiger partial charge in [0.2, 0.25) is 0 Å². The largest absolute Gasteiger partial charge is 0.306 e. The van der Waals surface area contributed by atoms with Gasteiger partial charge in [0.05, 0.1) is 0 Å². The lowest BCUT2D eigenvalue weighted by atomic mass is 10.0. The van der Waals surface area contributed by atoms with E-state index in [1.807, 2.05) is 11.9 Å². The molecule has 2 unspecified atom stereocenters. The number of hydrogen-bond donors (Lipinski definition) is 0. The van der Waals surface area contributed by atoms with E-state index in [1.54, 1.807) is 0 Å². The van der Waals surface area contributed by atoms with Gasteiger partial charge in [-0.3, -0.25) is 4.79 Å². The Morgan fingerprint density at radius 1 is 1.82 bits per heavy atom. The molecule has 1 fully saturated rings. The predicted octanol–water partition coefficient (Wildman–Crippen LogP) is 1.04. The predicted molar refractivity (Wildman–Crippen MR) is 41.4 cm³/mol. The lowest BCUT2D eigenvalue weighted by molar-refractivity contribution is -0.117. The molecule has 0 aromatic rings. The molecule has 0 aromatic heterocycles. The summed E-state index contributed by atoms with van der Waals surface area (Å²) in [4.78, 5) is 12.4. The van der Waals surface area contributed by atoms with Crippen LogP contribution in [-0.2, 0) is 4.79 Å². The molecule has 0 bridgehead atoms. The van der Waals surface area contributed by atoms with E-state index < -0.39 is 11.4 Å². The third-order valence-electron chi connectivity index (χ3n) is 2.06. The molecular weight excluding hydrogens is 169 g/mol. The van der Waals surface area contributed by atoms with Gasteiger partial charge in [-0.15, -0.1) is 0 Å². The molecule has 64 valence electrons. The third kappa shape index (κ3) is 2.14. The van der Waals surface area contributed by atoms with E-state index in [0.717, 1.165) is 13.0 Å². The quantitative estimate of drug-likeness (QED) is 0.591. The molecule has 11 heavy (non-hydrogen) atoms. The van der Waals surface area contributed by atoms with Gasteiger partial charge in [-0.1, -0.05) is 0 Å². The van der Waals surface area contributed by atoms with Crippen molar-refractivity contribution in [2.75, 3.05) is 20.1 Å². The smallest absolute Gasteiger partial charge is 0.256 e. The lowest BCUT2D eigenvalue weighted by Gasteiger charge is -2.11. The van der Waals surface area contributed by atoms with Crippen LogP contribution in [0.1, 0.15) is 6.42 Å². The molecule has 1 heterocycles. The summed E-state index contributed by atoms with van der Waals surface area (Å²) in [5.41, 5.74) is 0. The number of halogens is 2. The highest BCUT2D eigenvalue weighted by Gasteiger charge is 2.31. The molecule has 1 aliphatic heterocycles. The minimum Gasteiger partial charge on any atom is -0.306 e. The molecule has 2 atom stereocenters. The Labute approximate surface area is 70.3 Å². The zero-order valence-electron chi connectivity index (χ0n) is 6.39. The topological polar surface area (TPSA) is 20.3 Å². The number of carbonyl (C=O) groups excluding carboxylic acids is 1. The second kappa shape index (κ2) is 3.50. The van der Waals surface area contributed by atoms with Crippen LogP contribution < -0.4 is 0 Å². The van der Waals surface area contributed by atoms with Gasteiger partial charge >= 0.3 is 0 Å². The standard InChI is InChI=1S/C7H11ClFNO/c1-10-3-2-5(4-10)6(9)7(8)11/h5-6H,2-4H2,1H3. The van der Waals surface area contributed by atoms with E-state index in [2.05, 4.69) is 0 Å². The summed E-state index contributed by atoms with van der Waals surface area (Å²) in [7, 11) is 1.91. The summed E-state index contributed by atoms with van der Waals surface area (Å²) in [6.45, 7) is 1.49. The Hall–Kier alpha value is -0.150. The zero-order chi connectivity index (χ0) is 8.43. The maximum Gasteiger partial charge on any atom is 0.256 e. The molecule has 1 saturated heterocycles. The van der Waals surface area contributed by atoms with E-state index in [-0.39, 0.29) is 5.92 Å². The van der Waals surface area contributed by atoms with Gasteiger partial charge < -0.3 is 4.90 Å². The highest BCUT2D eigenvalue weighted by Crippen LogP contribution is 2.21. The van der Waals surface area contributed by atoms with Crippen LogP contribution in [0.4, 0.5) is 4.39 Å². The third-order valence-corrected chi connectivity index (χ3v) is 2.27. The van der Waals surface area contributed by atoms with Gasteiger partial charge in [0.1, 0.15) is 0 Å². The molecule has 0 aromatic carbocycles. The van der Waals surface area contributed by atoms with Gasteiger partial charge in [-0.2, -0.15) is 0 Å². The monoisotopic (exact) mass is 179 g/mol. The molecule has 0 radical (unpaired) electrons. The maximum absolute atomic E-state index is 12.9. The first-order chi connectivity index (χ1) is 5.11. The molecule has 1 rings (SSSR count). The molecule has 0 aliphatic carbocycles. The first-order valence-electron chi connectivity index (χ1n) is 3.63. The average Bonchev–Trinajstić information content (AvgIpc) is 2.34. The molecule has 0 N–H and O–H groups in total. The van der Waals surface area contributed by atoms with Crippen molar-refractivity contribution >= 4 is 16.8 Å². The van der Waals surface area contributed by atoms with E-state index >= 15 is 0 Å². The molecular formula is C7H11ClFNO. The van der Waals surface area contributed by atoms with Crippen LogP contribution in [-0.4, -0.2) is 36.5 Å². The fraction of sp³-hybridized carbons (Fsp3) is 0.857. The Bertz CT molecular complexity index is 165. The summed E-state index contributed by atoms with van der Waals surface area (Å²) in [6, 6.07) is 0. The lowest BCUT2D eigenvalue weighted by Crippen LogP contribution is -2.24. The van der Waals surface area contributed by atoms with Crippen LogP contribution in [0.2, 0.25) is 0 Å². The fourth-order valence-electron chi connectivity index (χ4n) is 1.39. The van der Waals surface area contributed by atoms with Crippen molar-refractivity contribution in [3.8, 4) is 0 Å². The van der Waals surface area contributed by atoms with Crippen molar-refractivity contribution in [1.82, 2.24) is 4.90 Å². The second-order valence-electron chi connectivity index (χ2n) is 3.02. The number of likely N-dealkylation sites (tertiary alicyclic amines) is 1. The number of carbonyl (C=O) groups is 1. The normalized spacial score (nSPS) is 28.8. The minimum atomic E-state index is -1.47. The number of alkyl halides is 1. The highest BCUT2D eigenvalue weighted by molar-refractivity contribution is 6.64. The van der Waals surface area contributed by atoms with Crippen molar-refractivity contribution in [3.05, 3.63) is 0 Å². The summed E-state index contributed by atoms with van der Waals surface area (Å²) < 4.78 is 12.9. The van der Waals surface area contributed by atoms with Gasteiger partial charge in [-0.25, -0.2) is 4.39 Å². The summed E-state index contributed by atoms with van der Waals surface area (Å²) in [5, 5.41) is -0.856. The van der Waals surface area contributed by atoms with Crippen molar-refractivity contribution in [3.63, 3.8) is 0 Å². The zero-order valence-corrected chi connectivity index (χ0v) is 7.14. The van der Waals surface area contributed by atoms with Crippen LogP contribution >= 0.6 is 11.6 Å². The van der Waals surface area contributed by atoms with E-state index in [0.29, 0.717) is 6.54 Å². The van der Waals surface area contributed by atoms with E-state index in [4.69, 9.17) is 11.6 Å². The Morgan fingerprint density at radius 3 is 2.82 bits per heavy atom. The summed E-state index contributed by atoms with van der Waals surface area (Å²) >= 11 is 5.02. The fourth-order valence-corrected chi connectivity index (χ4v) is 1.57. The van der Waals surface area contributed by atoms with Crippen LogP contribution in [0, 0.1) is 5.92 Å². The second-order valence-corrected chi connectivity index (χ2v) is 3.39. The number of rotatable bonds is 2. The average molecular weight is 180 g/mol. The Balaban J connectivity index is 2.43. The Kier molecular flexibility index (Phi) is 2.84. The molecule has 1 aliphatic rings. The van der Waals surface area contributed by atoms with Crippen LogP contribution in [0.3, 0.4) is 0 Å². The molecule has 2 nitrogen and oxygen atoms in total. The SMILES string of the molecule is CN1CCC(C(F)C(=O)Cl)C1. The van der Waals surface area contributed by atoms with Crippen LogP contribution in [0.15, 0.2) is 0 Å². The Morgan fingerprint density at radius 2 is 2.45 bits per heavy atom. The maximum atomic E-state index is 12.9. The first kappa shape index (κ1) is 8.94. The van der Waals surface area contributed by atoms with Crippen molar-refractivity contribution < 1.29 is 9.18 Å². The molecule has 0 amide bonds. The van der Waals surface area contributed by atoms with Gasteiger partial charge in [0, 0.05) is 12.5 Å². The van der Waals surface area contributed by atoms with Gasteiger partial charge in [0.15, 0.2) is 6.17 Å². The summed E-state index contributed by atoms with van der Waals surface area (Å²) in [6.07, 6.45) is -0.738. The first-order valence-corrected chi connectivity index (χ1v) is 4.01. The molecule has 4 heteroatoms. The van der Waals surface area contributed by atoms with Gasteiger partial charge in [0.25, 0.3) is 5.24 Å². The van der Waals surface area contributed by atoms with E-state index in [9.17, 15) is 9.18 Å². The number of hydrogen-bond acceptors (Lipinski definition) is 2. The summed E-state index contributed by atoms with van der Waals surface area (Å²) in [5.74, 6) is -0.190. The van der Waals surface area contributed by atoms with E-state index in [1.165, 1.54) is 0 Å². The highest BCUT2D eigenvalue weighted by atomic mass is 35.5. The molecule has 0 spiro atoms. The van der Waals surface area contributed by atoms with Crippen LogP contribution in [0.25, 0.3) is 0 Å². The minimum absolute atomic E-state index is 0.190. The van der Waals surface area contributed by atoms with Crippen molar-refractivity contribution in [2.24, 2.45) is 5.92 Å².